The monoisotopic (exact) mass is 507 g/mol. The Morgan fingerprint density at radius 1 is 0.917 bits per heavy atom. The number of nitrogens with two attached hydrogens (primary N) is 2. The SMILES string of the molecule is CC(O)C(NC(=O)C(Cc1cnc[nH]1)NC(=O)C(N)CC(N)=O)C(=O)NC(Cc1cnc[nH]1)C(=O)O. The number of aliphatic hydroxyl groups is 1. The van der Waals surface area contributed by atoms with Crippen molar-refractivity contribution in [3.8, 4) is 0 Å². The third-order valence-electron chi connectivity index (χ3n) is 5.03. The molecule has 2 heterocycles. The van der Waals surface area contributed by atoms with Crippen molar-refractivity contribution in [2.24, 2.45) is 11.5 Å². The van der Waals surface area contributed by atoms with E-state index in [4.69, 9.17) is 11.5 Å². The van der Waals surface area contributed by atoms with Crippen molar-refractivity contribution in [2.45, 2.75) is 56.5 Å². The number of hydrogen-bond acceptors (Lipinski definition) is 9. The number of carbonyl (C=O) groups excluding carboxylic acids is 4. The van der Waals surface area contributed by atoms with Crippen molar-refractivity contribution in [1.29, 1.82) is 0 Å². The second-order valence-electron chi connectivity index (χ2n) is 8.03. The minimum atomic E-state index is -1.57. The average Bonchev–Trinajstić information content (AvgIpc) is 3.49. The Balaban J connectivity index is 2.15. The Hall–Kier alpha value is -4.31. The van der Waals surface area contributed by atoms with Crippen LogP contribution < -0.4 is 27.4 Å². The topological polar surface area (TPSA) is 271 Å². The van der Waals surface area contributed by atoms with Crippen LogP contribution in [0.2, 0.25) is 0 Å². The Bertz CT molecular complexity index is 1040. The highest BCUT2D eigenvalue weighted by molar-refractivity contribution is 5.95. The highest BCUT2D eigenvalue weighted by atomic mass is 16.4. The van der Waals surface area contributed by atoms with Crippen LogP contribution in [0.25, 0.3) is 0 Å². The van der Waals surface area contributed by atoms with Crippen LogP contribution in [-0.2, 0) is 36.8 Å². The number of imidazole rings is 2. The van der Waals surface area contributed by atoms with Crippen molar-refractivity contribution >= 4 is 29.6 Å². The van der Waals surface area contributed by atoms with Gasteiger partial charge in [-0.25, -0.2) is 14.8 Å². The number of nitrogens with one attached hydrogen (secondary N) is 5. The van der Waals surface area contributed by atoms with Crippen LogP contribution in [0.15, 0.2) is 25.0 Å². The number of H-pyrrole nitrogens is 2. The molecule has 0 aliphatic heterocycles. The molecule has 2 aromatic heterocycles. The molecule has 2 rings (SSSR count). The van der Waals surface area contributed by atoms with Gasteiger partial charge in [-0.15, -0.1) is 0 Å². The number of rotatable bonds is 14. The number of carboxylic acids is 1. The summed E-state index contributed by atoms with van der Waals surface area (Å²) >= 11 is 0. The molecule has 0 aliphatic carbocycles. The van der Waals surface area contributed by atoms with E-state index in [1.807, 2.05) is 0 Å². The normalized spacial score (nSPS) is 15.1. The predicted molar refractivity (Wildman–Crippen MR) is 121 cm³/mol. The van der Waals surface area contributed by atoms with Crippen molar-refractivity contribution in [2.75, 3.05) is 0 Å². The van der Waals surface area contributed by atoms with Crippen LogP contribution in [0, 0.1) is 0 Å². The number of carbonyl (C=O) groups is 5. The Morgan fingerprint density at radius 2 is 1.44 bits per heavy atom. The maximum atomic E-state index is 13.0. The summed E-state index contributed by atoms with van der Waals surface area (Å²) < 4.78 is 0. The fourth-order valence-corrected chi connectivity index (χ4v) is 3.15. The summed E-state index contributed by atoms with van der Waals surface area (Å²) in [4.78, 5) is 74.0. The number of aromatic amines is 2. The van der Waals surface area contributed by atoms with Crippen LogP contribution >= 0.6 is 0 Å². The first kappa shape index (κ1) is 27.9. The molecule has 11 N–H and O–H groups in total. The molecule has 4 amide bonds. The van der Waals surface area contributed by atoms with Crippen molar-refractivity contribution in [1.82, 2.24) is 35.9 Å². The highest BCUT2D eigenvalue weighted by Crippen LogP contribution is 2.05. The molecule has 196 valence electrons. The lowest BCUT2D eigenvalue weighted by atomic mass is 10.1. The molecule has 16 nitrogen and oxygen atoms in total. The number of aliphatic hydroxyl groups excluding tert-OH is 1. The van der Waals surface area contributed by atoms with Crippen molar-refractivity contribution < 1.29 is 34.2 Å². The van der Waals surface area contributed by atoms with Crippen molar-refractivity contribution in [3.05, 3.63) is 36.4 Å². The minimum absolute atomic E-state index is 0.105. The molecule has 36 heavy (non-hydrogen) atoms. The van der Waals surface area contributed by atoms with Gasteiger partial charge in [-0.05, 0) is 6.92 Å². The molecule has 0 saturated heterocycles. The van der Waals surface area contributed by atoms with Gasteiger partial charge in [0.05, 0.1) is 31.2 Å². The van der Waals surface area contributed by atoms with E-state index < -0.39 is 66.3 Å². The van der Waals surface area contributed by atoms with E-state index in [0.717, 1.165) is 0 Å². The lowest BCUT2D eigenvalue weighted by molar-refractivity contribution is -0.143. The van der Waals surface area contributed by atoms with Gasteiger partial charge in [0.15, 0.2) is 0 Å². The van der Waals surface area contributed by atoms with E-state index >= 15 is 0 Å². The van der Waals surface area contributed by atoms with E-state index in [2.05, 4.69) is 35.9 Å². The maximum Gasteiger partial charge on any atom is 0.326 e. The second kappa shape index (κ2) is 13.0. The number of primary amides is 1. The number of amides is 4. The molecule has 16 heteroatoms. The predicted octanol–water partition coefficient (Wildman–Crippen LogP) is -3.96. The zero-order valence-corrected chi connectivity index (χ0v) is 19.3. The molecule has 0 aromatic carbocycles. The first-order valence-electron chi connectivity index (χ1n) is 10.8. The van der Waals surface area contributed by atoms with Crippen LogP contribution in [0.1, 0.15) is 24.7 Å². The largest absolute Gasteiger partial charge is 0.480 e. The standard InChI is InChI=1S/C20H29N9O7/c1-9(30)16(19(34)28-14(20(35)36)3-11-6-24-8-26-11)29-18(33)13(2-10-5-23-7-25-10)27-17(32)12(21)4-15(22)31/h5-9,12-14,16,30H,2-4,21H2,1H3,(H2,22,31)(H,23,25)(H,24,26)(H,27,32)(H,28,34)(H,29,33)(H,35,36). The Kier molecular flexibility index (Phi) is 10.1. The van der Waals surface area contributed by atoms with Gasteiger partial charge in [0.2, 0.25) is 23.6 Å². The van der Waals surface area contributed by atoms with Crippen molar-refractivity contribution in [3.63, 3.8) is 0 Å². The lowest BCUT2D eigenvalue weighted by Crippen LogP contribution is -2.60. The molecular formula is C20H29N9O7. The average molecular weight is 508 g/mol. The van der Waals surface area contributed by atoms with Gasteiger partial charge in [0, 0.05) is 36.6 Å². The van der Waals surface area contributed by atoms with Gasteiger partial charge in [0.1, 0.15) is 18.1 Å². The molecule has 2 aromatic rings. The highest BCUT2D eigenvalue weighted by Gasteiger charge is 2.33. The van der Waals surface area contributed by atoms with E-state index in [0.29, 0.717) is 11.4 Å². The zero-order chi connectivity index (χ0) is 26.8. The first-order valence-corrected chi connectivity index (χ1v) is 10.8. The van der Waals surface area contributed by atoms with E-state index in [1.165, 1.54) is 32.0 Å². The van der Waals surface area contributed by atoms with Gasteiger partial charge in [0.25, 0.3) is 0 Å². The molecule has 0 bridgehead atoms. The van der Waals surface area contributed by atoms with Crippen LogP contribution in [0.3, 0.4) is 0 Å². The number of carboxylic acid groups (broad SMARTS) is 1. The summed E-state index contributed by atoms with van der Waals surface area (Å²) in [6, 6.07) is -5.58. The molecule has 0 aliphatic rings. The number of aliphatic carboxylic acids is 1. The molecule has 0 radical (unpaired) electrons. The first-order chi connectivity index (χ1) is 17.0. The molecule has 0 spiro atoms. The Labute approximate surface area is 204 Å². The van der Waals surface area contributed by atoms with Gasteiger partial charge < -0.3 is 47.6 Å². The van der Waals surface area contributed by atoms with Gasteiger partial charge >= 0.3 is 5.97 Å². The molecule has 5 atom stereocenters. The fourth-order valence-electron chi connectivity index (χ4n) is 3.15. The minimum Gasteiger partial charge on any atom is -0.480 e. The fraction of sp³-hybridized carbons (Fsp3) is 0.450. The maximum absolute atomic E-state index is 13.0. The van der Waals surface area contributed by atoms with Gasteiger partial charge in [-0.3, -0.25) is 19.2 Å². The Morgan fingerprint density at radius 3 is 1.89 bits per heavy atom. The summed E-state index contributed by atoms with van der Waals surface area (Å²) in [6.07, 6.45) is 3.36. The van der Waals surface area contributed by atoms with E-state index in [-0.39, 0.29) is 12.8 Å². The third kappa shape index (κ3) is 8.48. The van der Waals surface area contributed by atoms with E-state index in [9.17, 15) is 34.2 Å². The summed E-state index contributed by atoms with van der Waals surface area (Å²) in [7, 11) is 0. The van der Waals surface area contributed by atoms with E-state index in [1.54, 1.807) is 0 Å². The van der Waals surface area contributed by atoms with Crippen LogP contribution in [-0.4, -0.2) is 90.0 Å². The zero-order valence-electron chi connectivity index (χ0n) is 19.3. The summed E-state index contributed by atoms with van der Waals surface area (Å²) in [5, 5.41) is 26.6. The summed E-state index contributed by atoms with van der Waals surface area (Å²) in [5.74, 6) is -4.87. The molecular weight excluding hydrogens is 478 g/mol. The second-order valence-corrected chi connectivity index (χ2v) is 8.03. The summed E-state index contributed by atoms with van der Waals surface area (Å²) in [5.41, 5.74) is 11.6. The molecule has 5 unspecified atom stereocenters. The number of nitrogens with zero attached hydrogens (tertiary/aromatic N) is 2. The smallest absolute Gasteiger partial charge is 0.326 e. The lowest BCUT2D eigenvalue weighted by Gasteiger charge is -2.26. The number of hydrogen-bond donors (Lipinski definition) is 9. The van der Waals surface area contributed by atoms with Crippen LogP contribution in [0.5, 0.6) is 0 Å². The summed E-state index contributed by atoms with van der Waals surface area (Å²) in [6.45, 7) is 1.22. The van der Waals surface area contributed by atoms with Gasteiger partial charge in [-0.2, -0.15) is 0 Å². The third-order valence-corrected chi connectivity index (χ3v) is 5.03. The molecule has 0 saturated carbocycles. The van der Waals surface area contributed by atoms with Crippen LogP contribution in [0.4, 0.5) is 0 Å². The quantitative estimate of drug-likeness (QED) is 0.120. The number of aromatic nitrogens is 4. The molecule has 0 fully saturated rings. The van der Waals surface area contributed by atoms with Gasteiger partial charge in [-0.1, -0.05) is 0 Å².